The van der Waals surface area contributed by atoms with Gasteiger partial charge in [-0.15, -0.1) is 0 Å². The van der Waals surface area contributed by atoms with Crippen LogP contribution in [0.1, 0.15) is 46.4 Å². The molecule has 10 heteroatoms. The molecule has 6 aliphatic heterocycles. The number of piperidine rings is 6. The summed E-state index contributed by atoms with van der Waals surface area (Å²) >= 11 is 0. The molecule has 6 saturated heterocycles. The summed E-state index contributed by atoms with van der Waals surface area (Å²) in [4.78, 5) is 56.5. The predicted molar refractivity (Wildman–Crippen MR) is 138 cm³/mol. The molecule has 10 nitrogen and oxygen atoms in total. The van der Waals surface area contributed by atoms with Crippen LogP contribution in [0.4, 0.5) is 0 Å². The van der Waals surface area contributed by atoms with Crippen molar-refractivity contribution in [2.45, 2.75) is 37.8 Å². The first-order chi connectivity index (χ1) is 18.4. The second-order valence-corrected chi connectivity index (χ2v) is 11.1. The molecule has 6 aliphatic rings. The van der Waals surface area contributed by atoms with Crippen molar-refractivity contribution >= 4 is 23.8 Å². The molecular weight excluding hydrogens is 488 g/mol. The Bertz CT molecular complexity index is 984. The summed E-state index contributed by atoms with van der Waals surface area (Å²) in [6, 6.07) is 4.86. The van der Waals surface area contributed by atoms with Gasteiger partial charge < -0.3 is 29.9 Å². The van der Waals surface area contributed by atoms with Crippen LogP contribution >= 0.6 is 0 Å². The molecule has 0 aromatic heterocycles. The van der Waals surface area contributed by atoms with Gasteiger partial charge in [0.25, 0.3) is 11.8 Å². The molecule has 2 amide bonds. The minimum Gasteiger partial charge on any atom is -0.467 e. The van der Waals surface area contributed by atoms with Crippen molar-refractivity contribution in [2.75, 3.05) is 53.5 Å². The number of methoxy groups -OCH3 is 2. The number of nitrogens with one attached hydrogen (secondary N) is 2. The molecule has 6 fully saturated rings. The predicted octanol–water partition coefficient (Wildman–Crippen LogP) is 0.913. The van der Waals surface area contributed by atoms with Crippen LogP contribution in [0.3, 0.4) is 0 Å². The van der Waals surface area contributed by atoms with Crippen LogP contribution in [0, 0.1) is 23.7 Å². The number of carbonyl (C=O) groups excluding carboxylic acids is 4. The van der Waals surface area contributed by atoms with Gasteiger partial charge in [0.15, 0.2) is 0 Å². The van der Waals surface area contributed by atoms with Gasteiger partial charge in [-0.3, -0.25) is 9.59 Å². The van der Waals surface area contributed by atoms with E-state index in [0.29, 0.717) is 11.8 Å². The molecule has 206 valence electrons. The maximum Gasteiger partial charge on any atom is 0.328 e. The van der Waals surface area contributed by atoms with E-state index in [0.717, 1.165) is 65.0 Å². The number of nitrogens with zero attached hydrogens (tertiary/aromatic N) is 2. The molecule has 38 heavy (non-hydrogen) atoms. The minimum atomic E-state index is -0.751. The number of rotatable bonds is 8. The third-order valence-corrected chi connectivity index (χ3v) is 9.14. The number of benzene rings is 1. The lowest BCUT2D eigenvalue weighted by molar-refractivity contribution is -0.147. The smallest absolute Gasteiger partial charge is 0.328 e. The average molecular weight is 527 g/mol. The Morgan fingerprint density at radius 3 is 1.45 bits per heavy atom. The van der Waals surface area contributed by atoms with E-state index in [1.165, 1.54) is 20.3 Å². The summed E-state index contributed by atoms with van der Waals surface area (Å²) in [5.41, 5.74) is 0.538. The van der Waals surface area contributed by atoms with Crippen molar-refractivity contribution in [3.8, 4) is 0 Å². The Balaban J connectivity index is 1.29. The van der Waals surface area contributed by atoms with Crippen LogP contribution in [-0.2, 0) is 19.1 Å². The fourth-order valence-electron chi connectivity index (χ4n) is 6.96. The Labute approximate surface area is 223 Å². The lowest BCUT2D eigenvalue weighted by atomic mass is 9.75. The molecule has 1 aromatic rings. The Hall–Kier alpha value is -2.98. The van der Waals surface area contributed by atoms with E-state index in [9.17, 15) is 19.2 Å². The number of carbonyl (C=O) groups is 4. The minimum absolute atomic E-state index is 0.0113. The third kappa shape index (κ3) is 5.42. The highest BCUT2D eigenvalue weighted by Crippen LogP contribution is 2.36. The molecule has 4 unspecified atom stereocenters. The molecule has 4 bridgehead atoms. The van der Waals surface area contributed by atoms with Gasteiger partial charge in [0.05, 0.1) is 14.2 Å². The quantitative estimate of drug-likeness (QED) is 0.480. The number of esters is 2. The zero-order chi connectivity index (χ0) is 26.8. The normalized spacial score (nSPS) is 31.1. The highest BCUT2D eigenvalue weighted by Gasteiger charge is 2.44. The third-order valence-electron chi connectivity index (χ3n) is 9.14. The Morgan fingerprint density at radius 2 is 1.13 bits per heavy atom. The van der Waals surface area contributed by atoms with E-state index >= 15 is 0 Å². The molecule has 6 heterocycles. The molecule has 0 aliphatic carbocycles. The lowest BCUT2D eigenvalue weighted by Gasteiger charge is -2.47. The van der Waals surface area contributed by atoms with Crippen LogP contribution < -0.4 is 10.6 Å². The topological polar surface area (TPSA) is 117 Å². The fourth-order valence-corrected chi connectivity index (χ4v) is 6.96. The van der Waals surface area contributed by atoms with Crippen LogP contribution in [-0.4, -0.2) is 99.1 Å². The second kappa shape index (κ2) is 11.4. The molecule has 0 spiro atoms. The Kier molecular flexibility index (Phi) is 7.99. The number of hydrogen-bond acceptors (Lipinski definition) is 8. The zero-order valence-corrected chi connectivity index (χ0v) is 22.2. The van der Waals surface area contributed by atoms with Crippen LogP contribution in [0.5, 0.6) is 0 Å². The van der Waals surface area contributed by atoms with Gasteiger partial charge in [-0.1, -0.05) is 6.07 Å². The van der Waals surface area contributed by atoms with Gasteiger partial charge in [-0.25, -0.2) is 9.59 Å². The van der Waals surface area contributed by atoms with E-state index < -0.39 is 35.8 Å². The summed E-state index contributed by atoms with van der Waals surface area (Å²) in [6.45, 7) is 5.58. The number of amides is 2. The second-order valence-electron chi connectivity index (χ2n) is 11.1. The summed E-state index contributed by atoms with van der Waals surface area (Å²) in [6.07, 6.45) is 4.02. The standard InChI is InChI=1S/C28H38N4O6/c1-37-27(35)23(21-15-31-10-6-17(21)7-11-31)29-25(33)19-4-3-5-20(14-19)26(34)30-24(28(36)38-2)22-16-32-12-8-18(22)9-13-32/h3-5,14,17-18,21-24H,6-13,15-16H2,1-2H3,(H,29,33)(H,30,34). The first kappa shape index (κ1) is 26.6. The summed E-state index contributed by atoms with van der Waals surface area (Å²) in [7, 11) is 2.67. The summed E-state index contributed by atoms with van der Waals surface area (Å²) in [5.74, 6) is -1.08. The highest BCUT2D eigenvalue weighted by atomic mass is 16.5. The largest absolute Gasteiger partial charge is 0.467 e. The molecule has 0 radical (unpaired) electrons. The first-order valence-corrected chi connectivity index (χ1v) is 13.7. The van der Waals surface area contributed by atoms with Gasteiger partial charge >= 0.3 is 11.9 Å². The van der Waals surface area contributed by atoms with E-state index in [1.54, 1.807) is 18.2 Å². The SMILES string of the molecule is COC(=O)C(NC(=O)c1cccc(C(=O)NC(C(=O)OC)C2CN3CCC2CC3)c1)C1CN2CCC1CC2. The van der Waals surface area contributed by atoms with E-state index in [-0.39, 0.29) is 23.0 Å². The number of hydrogen-bond donors (Lipinski definition) is 2. The van der Waals surface area contributed by atoms with Gasteiger partial charge in [0, 0.05) is 36.1 Å². The molecule has 4 atom stereocenters. The van der Waals surface area contributed by atoms with Crippen molar-refractivity contribution in [1.82, 2.24) is 20.4 Å². The van der Waals surface area contributed by atoms with Gasteiger partial charge in [0.2, 0.25) is 0 Å². The maximum atomic E-state index is 13.3. The molecule has 7 rings (SSSR count). The molecular formula is C28H38N4O6. The van der Waals surface area contributed by atoms with Gasteiger partial charge in [0.1, 0.15) is 12.1 Å². The van der Waals surface area contributed by atoms with E-state index in [1.807, 2.05) is 0 Å². The monoisotopic (exact) mass is 526 g/mol. The fraction of sp³-hybridized carbons (Fsp3) is 0.643. The maximum absolute atomic E-state index is 13.3. The molecule has 1 aromatic carbocycles. The Morgan fingerprint density at radius 1 is 0.737 bits per heavy atom. The molecule has 2 N–H and O–H groups in total. The van der Waals surface area contributed by atoms with Crippen LogP contribution in [0.15, 0.2) is 24.3 Å². The summed E-state index contributed by atoms with van der Waals surface area (Å²) in [5, 5.41) is 5.78. The zero-order valence-electron chi connectivity index (χ0n) is 22.2. The lowest BCUT2D eigenvalue weighted by Crippen LogP contribution is -2.58. The van der Waals surface area contributed by atoms with E-state index in [2.05, 4.69) is 20.4 Å². The van der Waals surface area contributed by atoms with Crippen molar-refractivity contribution in [3.05, 3.63) is 35.4 Å². The van der Waals surface area contributed by atoms with Crippen molar-refractivity contribution in [3.63, 3.8) is 0 Å². The van der Waals surface area contributed by atoms with Crippen molar-refractivity contribution in [1.29, 1.82) is 0 Å². The van der Waals surface area contributed by atoms with Gasteiger partial charge in [-0.05, 0) is 81.9 Å². The first-order valence-electron chi connectivity index (χ1n) is 13.7. The number of ether oxygens (including phenoxy) is 2. The molecule has 0 saturated carbocycles. The van der Waals surface area contributed by atoms with Crippen molar-refractivity contribution < 1.29 is 28.7 Å². The van der Waals surface area contributed by atoms with Gasteiger partial charge in [-0.2, -0.15) is 0 Å². The van der Waals surface area contributed by atoms with Crippen LogP contribution in [0.25, 0.3) is 0 Å². The highest BCUT2D eigenvalue weighted by molar-refractivity contribution is 6.01. The van der Waals surface area contributed by atoms with Crippen molar-refractivity contribution in [2.24, 2.45) is 23.7 Å². The van der Waals surface area contributed by atoms with Crippen LogP contribution in [0.2, 0.25) is 0 Å². The van der Waals surface area contributed by atoms with E-state index in [4.69, 9.17) is 9.47 Å². The summed E-state index contributed by atoms with van der Waals surface area (Å²) < 4.78 is 10.1. The number of fused-ring (bicyclic) bond motifs is 6. The average Bonchev–Trinajstić information content (AvgIpc) is 2.98.